The fourth-order valence-corrected chi connectivity index (χ4v) is 7.74. The van der Waals surface area contributed by atoms with Crippen LogP contribution in [-0.4, -0.2) is 6.54 Å². The first-order chi connectivity index (χ1) is 31.5. The molecule has 7 aromatic carbocycles. The van der Waals surface area contributed by atoms with E-state index in [2.05, 4.69) is 284 Å². The zero-order valence-electron chi connectivity index (χ0n) is 37.5. The summed E-state index contributed by atoms with van der Waals surface area (Å²) in [6.45, 7) is 13.0. The van der Waals surface area contributed by atoms with Gasteiger partial charge >= 0.3 is 0 Å². The third kappa shape index (κ3) is 11.2. The molecule has 0 spiro atoms. The van der Waals surface area contributed by atoms with Gasteiger partial charge in [0, 0.05) is 69.1 Å². The van der Waals surface area contributed by atoms with Crippen LogP contribution >= 0.6 is 0 Å². The largest absolute Gasteiger partial charge is 0.338 e. The summed E-state index contributed by atoms with van der Waals surface area (Å²) >= 11 is 0. The first kappa shape index (κ1) is 44.2. The number of hydrogen-bond acceptors (Lipinski definition) is 4. The van der Waals surface area contributed by atoms with Gasteiger partial charge in [0.05, 0.1) is 0 Å². The van der Waals surface area contributed by atoms with Gasteiger partial charge in [-0.2, -0.15) is 0 Å². The number of anilines is 10. The van der Waals surface area contributed by atoms with Gasteiger partial charge in [-0.15, -0.1) is 6.58 Å². The number of benzene rings is 7. The molecule has 0 aliphatic rings. The second-order valence-electron chi connectivity index (χ2n) is 15.5. The maximum atomic E-state index is 3.86. The summed E-state index contributed by atoms with van der Waals surface area (Å²) in [5.74, 6) is 0. The van der Waals surface area contributed by atoms with Crippen molar-refractivity contribution in [2.45, 2.75) is 34.1 Å². The Morgan fingerprint density at radius 3 is 1.44 bits per heavy atom. The average molecular weight is 835 g/mol. The number of nitrogens with zero attached hydrogens (tertiary/aromatic N) is 4. The maximum Gasteiger partial charge on any atom is 0.0464 e. The molecule has 7 rings (SSSR count). The molecule has 0 amide bonds. The fraction of sp³-hybridized carbons (Fsp3) is 0.100. The number of allylic oxidation sites excluding steroid dienone is 9. The fourth-order valence-electron chi connectivity index (χ4n) is 7.74. The molecule has 0 atom stereocenters. The molecular weight excluding hydrogens is 777 g/mol. The summed E-state index contributed by atoms with van der Waals surface area (Å²) in [5.41, 5.74) is 14.3. The Morgan fingerprint density at radius 2 is 0.922 bits per heavy atom. The summed E-state index contributed by atoms with van der Waals surface area (Å²) in [6.07, 6.45) is 19.9. The van der Waals surface area contributed by atoms with Crippen LogP contribution in [0.5, 0.6) is 0 Å². The highest BCUT2D eigenvalue weighted by Gasteiger charge is 2.19. The molecule has 0 bridgehead atoms. The van der Waals surface area contributed by atoms with Crippen molar-refractivity contribution < 1.29 is 0 Å². The van der Waals surface area contributed by atoms with E-state index in [0.717, 1.165) is 75.5 Å². The third-order valence-corrected chi connectivity index (χ3v) is 10.8. The van der Waals surface area contributed by atoms with E-state index in [1.165, 1.54) is 11.1 Å². The molecule has 0 aromatic heterocycles. The van der Waals surface area contributed by atoms with Crippen LogP contribution in [0.3, 0.4) is 0 Å². The lowest BCUT2D eigenvalue weighted by Crippen LogP contribution is -2.17. The smallest absolute Gasteiger partial charge is 0.0464 e. The quantitative estimate of drug-likeness (QED) is 0.0631. The van der Waals surface area contributed by atoms with Crippen molar-refractivity contribution in [3.8, 4) is 0 Å². The van der Waals surface area contributed by atoms with E-state index in [1.54, 1.807) is 0 Å². The van der Waals surface area contributed by atoms with Crippen molar-refractivity contribution in [1.82, 2.24) is 0 Å². The van der Waals surface area contributed by atoms with Gasteiger partial charge in [-0.1, -0.05) is 115 Å². The molecule has 0 fully saturated rings. The number of para-hydroxylation sites is 3. The minimum absolute atomic E-state index is 0.731. The molecule has 4 heteroatoms. The Morgan fingerprint density at radius 1 is 0.484 bits per heavy atom. The Hall–Kier alpha value is -7.82. The van der Waals surface area contributed by atoms with Crippen LogP contribution in [0.1, 0.15) is 32.8 Å². The Kier molecular flexibility index (Phi) is 15.4. The Bertz CT molecular complexity index is 2690. The molecule has 0 unspecified atom stereocenters. The summed E-state index contributed by atoms with van der Waals surface area (Å²) in [7, 11) is 0. The minimum Gasteiger partial charge on any atom is -0.338 e. The van der Waals surface area contributed by atoms with Crippen molar-refractivity contribution in [2.24, 2.45) is 0 Å². The van der Waals surface area contributed by atoms with Gasteiger partial charge in [0.1, 0.15) is 0 Å². The molecule has 4 nitrogen and oxygen atoms in total. The van der Waals surface area contributed by atoms with E-state index in [0.29, 0.717) is 0 Å². The van der Waals surface area contributed by atoms with Crippen molar-refractivity contribution in [3.05, 3.63) is 266 Å². The predicted molar refractivity (Wildman–Crippen MR) is 278 cm³/mol. The number of hydrogen-bond donors (Lipinski definition) is 0. The van der Waals surface area contributed by atoms with Crippen molar-refractivity contribution in [1.29, 1.82) is 0 Å². The van der Waals surface area contributed by atoms with Crippen LogP contribution in [0, 0.1) is 6.92 Å². The van der Waals surface area contributed by atoms with Gasteiger partial charge in [-0.05, 0) is 173 Å². The van der Waals surface area contributed by atoms with E-state index in [1.807, 2.05) is 13.0 Å². The van der Waals surface area contributed by atoms with E-state index in [4.69, 9.17) is 0 Å². The van der Waals surface area contributed by atoms with Crippen molar-refractivity contribution in [3.63, 3.8) is 0 Å². The van der Waals surface area contributed by atoms with E-state index >= 15 is 0 Å². The van der Waals surface area contributed by atoms with Gasteiger partial charge in [0.15, 0.2) is 0 Å². The summed E-state index contributed by atoms with van der Waals surface area (Å²) in [5, 5.41) is 0. The third-order valence-electron chi connectivity index (χ3n) is 10.8. The lowest BCUT2D eigenvalue weighted by Gasteiger charge is -2.30. The molecule has 0 radical (unpaired) electrons. The maximum absolute atomic E-state index is 3.86. The number of aryl methyl sites for hydroxylation is 1. The van der Waals surface area contributed by atoms with E-state index in [9.17, 15) is 0 Å². The second kappa shape index (κ2) is 22.3. The van der Waals surface area contributed by atoms with Crippen molar-refractivity contribution >= 4 is 56.9 Å². The topological polar surface area (TPSA) is 13.0 Å². The molecule has 64 heavy (non-hydrogen) atoms. The second-order valence-corrected chi connectivity index (χ2v) is 15.5. The molecule has 0 heterocycles. The average Bonchev–Trinajstić information content (AvgIpc) is 3.33. The lowest BCUT2D eigenvalue weighted by molar-refractivity contribution is 1.09. The standard InChI is InChI=1S/C60H58N4/c1-6-9-14-23-48(4)45-46-61(50-26-15-11-16-27-50)51-33-35-55(36-34-51)63(57-39-37-56(38-40-57)62(53-28-17-12-18-29-53)52(22-8-3)25-10-7-2)58-41-43-59(44-42-58)64(54-30-19-13-20-31-54)60-32-21-24-49(5)47-60/h6-8,10-45,47H,1,9,46H2,2-5H3/b10-7-,22-8+,23-14-,48-45-,52-25+. The van der Waals surface area contributed by atoms with Crippen LogP contribution in [0.2, 0.25) is 0 Å². The summed E-state index contributed by atoms with van der Waals surface area (Å²) in [4.78, 5) is 9.31. The molecule has 0 saturated carbocycles. The van der Waals surface area contributed by atoms with Gasteiger partial charge < -0.3 is 19.6 Å². The van der Waals surface area contributed by atoms with E-state index < -0.39 is 0 Å². The highest BCUT2D eigenvalue weighted by molar-refractivity contribution is 5.83. The zero-order valence-corrected chi connectivity index (χ0v) is 37.5. The van der Waals surface area contributed by atoms with Crippen LogP contribution in [-0.2, 0) is 0 Å². The Labute approximate surface area is 381 Å². The van der Waals surface area contributed by atoms with Gasteiger partial charge in [-0.25, -0.2) is 0 Å². The summed E-state index contributed by atoms with van der Waals surface area (Å²) in [6, 6.07) is 67.1. The van der Waals surface area contributed by atoms with Crippen LogP contribution < -0.4 is 19.6 Å². The van der Waals surface area contributed by atoms with Gasteiger partial charge in [-0.3, -0.25) is 0 Å². The zero-order chi connectivity index (χ0) is 44.5. The van der Waals surface area contributed by atoms with Crippen molar-refractivity contribution in [2.75, 3.05) is 26.1 Å². The minimum atomic E-state index is 0.731. The predicted octanol–water partition coefficient (Wildman–Crippen LogP) is 17.3. The first-order valence-corrected chi connectivity index (χ1v) is 22.1. The molecule has 0 aliphatic carbocycles. The molecule has 7 aromatic rings. The molecule has 0 N–H and O–H groups in total. The van der Waals surface area contributed by atoms with E-state index in [-0.39, 0.29) is 0 Å². The first-order valence-electron chi connectivity index (χ1n) is 22.1. The molecule has 0 saturated heterocycles. The van der Waals surface area contributed by atoms with Crippen LogP contribution in [0.25, 0.3) is 0 Å². The van der Waals surface area contributed by atoms with Crippen LogP contribution in [0.15, 0.2) is 261 Å². The monoisotopic (exact) mass is 834 g/mol. The highest BCUT2D eigenvalue weighted by atomic mass is 15.2. The number of rotatable bonds is 18. The summed E-state index contributed by atoms with van der Waals surface area (Å²) < 4.78 is 0. The highest BCUT2D eigenvalue weighted by Crippen LogP contribution is 2.41. The van der Waals surface area contributed by atoms with Gasteiger partial charge in [0.25, 0.3) is 0 Å². The SMILES string of the molecule is C=CC/C=C\C(C)=C/CN(c1ccccc1)c1ccc(N(c2ccc(N(C(/C=C/C)=C/C=C\C)c3ccccc3)cc2)c2ccc(N(c3ccccc3)c3cccc(C)c3)cc2)cc1. The Balaban J connectivity index is 1.31. The molecule has 318 valence electrons. The van der Waals surface area contributed by atoms with Gasteiger partial charge in [0.2, 0.25) is 0 Å². The normalized spacial score (nSPS) is 11.9. The molecular formula is C60H58N4. The lowest BCUT2D eigenvalue weighted by atomic mass is 10.1. The molecule has 0 aliphatic heterocycles. The van der Waals surface area contributed by atoms with Crippen LogP contribution in [0.4, 0.5) is 56.9 Å².